The van der Waals surface area contributed by atoms with Crippen LogP contribution in [-0.4, -0.2) is 37.5 Å². The van der Waals surface area contributed by atoms with Crippen molar-refractivity contribution >= 4 is 18.1 Å². The maximum atomic E-state index is 11.2. The summed E-state index contributed by atoms with van der Waals surface area (Å²) in [7, 11) is 1.41. The SMILES string of the molecule is CCc1ccc2c(c1)C=Cc1cc(CC)ccc1C2OCCOc1ccc(CC(OC)C(=O)O)cc1. The van der Waals surface area contributed by atoms with Crippen molar-refractivity contribution < 1.29 is 24.1 Å². The molecule has 3 aromatic carbocycles. The summed E-state index contributed by atoms with van der Waals surface area (Å²) >= 11 is 0. The Labute approximate surface area is 213 Å². The number of hydrogen-bond acceptors (Lipinski definition) is 4. The van der Waals surface area contributed by atoms with Crippen LogP contribution in [0.25, 0.3) is 12.2 Å². The lowest BCUT2D eigenvalue weighted by molar-refractivity contribution is -0.148. The second kappa shape index (κ2) is 12.0. The van der Waals surface area contributed by atoms with Crippen LogP contribution in [0, 0.1) is 0 Å². The number of aryl methyl sites for hydroxylation is 2. The van der Waals surface area contributed by atoms with Gasteiger partial charge in [0.05, 0.1) is 6.61 Å². The van der Waals surface area contributed by atoms with Crippen molar-refractivity contribution in [3.8, 4) is 5.75 Å². The van der Waals surface area contributed by atoms with E-state index in [9.17, 15) is 4.79 Å². The van der Waals surface area contributed by atoms with E-state index in [1.165, 1.54) is 40.5 Å². The third-order valence-corrected chi connectivity index (χ3v) is 6.67. The zero-order chi connectivity index (χ0) is 25.5. The Balaban J connectivity index is 1.44. The fourth-order valence-corrected chi connectivity index (χ4v) is 4.51. The van der Waals surface area contributed by atoms with Crippen molar-refractivity contribution in [2.24, 2.45) is 0 Å². The number of ether oxygens (including phenoxy) is 3. The van der Waals surface area contributed by atoms with Gasteiger partial charge < -0.3 is 19.3 Å². The van der Waals surface area contributed by atoms with Gasteiger partial charge in [-0.15, -0.1) is 0 Å². The summed E-state index contributed by atoms with van der Waals surface area (Å²) in [6.07, 6.45) is 5.67. The summed E-state index contributed by atoms with van der Waals surface area (Å²) in [5.74, 6) is -0.251. The molecule has 188 valence electrons. The summed E-state index contributed by atoms with van der Waals surface area (Å²) < 4.78 is 17.4. The first-order chi connectivity index (χ1) is 17.5. The molecule has 1 N–H and O–H groups in total. The first kappa shape index (κ1) is 25.7. The van der Waals surface area contributed by atoms with Crippen LogP contribution in [0.5, 0.6) is 5.75 Å². The number of fused-ring (bicyclic) bond motifs is 2. The van der Waals surface area contributed by atoms with E-state index in [4.69, 9.17) is 19.3 Å². The van der Waals surface area contributed by atoms with Crippen LogP contribution in [0.2, 0.25) is 0 Å². The van der Waals surface area contributed by atoms with Crippen molar-refractivity contribution in [1.82, 2.24) is 0 Å². The Hall–Kier alpha value is -3.41. The zero-order valence-corrected chi connectivity index (χ0v) is 21.2. The molecule has 5 nitrogen and oxygen atoms in total. The number of benzene rings is 3. The molecule has 3 aromatic rings. The second-order valence-corrected chi connectivity index (χ2v) is 8.98. The highest BCUT2D eigenvalue weighted by molar-refractivity contribution is 5.77. The van der Waals surface area contributed by atoms with Crippen molar-refractivity contribution in [2.75, 3.05) is 20.3 Å². The Kier molecular flexibility index (Phi) is 8.57. The molecule has 0 radical (unpaired) electrons. The van der Waals surface area contributed by atoms with Gasteiger partial charge in [0.2, 0.25) is 0 Å². The summed E-state index contributed by atoms with van der Waals surface area (Å²) in [5, 5.41) is 9.16. The van der Waals surface area contributed by atoms with Crippen molar-refractivity contribution in [3.05, 3.63) is 99.6 Å². The summed E-state index contributed by atoms with van der Waals surface area (Å²) in [4.78, 5) is 11.2. The minimum atomic E-state index is -0.969. The molecule has 5 heteroatoms. The van der Waals surface area contributed by atoms with Gasteiger partial charge in [-0.3, -0.25) is 0 Å². The minimum Gasteiger partial charge on any atom is -0.491 e. The minimum absolute atomic E-state index is 0.171. The zero-order valence-electron chi connectivity index (χ0n) is 21.2. The standard InChI is InChI=1S/C31H34O5/c1-4-21-8-14-27-24(18-21)10-11-25-19-22(5-2)9-15-28(25)30(27)36-17-16-35-26-12-6-23(7-13-26)20-29(34-3)31(32)33/h6-15,18-19,29-30H,4-5,16-17,20H2,1-3H3,(H,32,33). The molecule has 0 aliphatic heterocycles. The number of carboxylic acid groups (broad SMARTS) is 1. The molecular formula is C31H34O5. The lowest BCUT2D eigenvalue weighted by Gasteiger charge is -2.22. The molecule has 0 aromatic heterocycles. The van der Waals surface area contributed by atoms with E-state index in [1.54, 1.807) is 0 Å². The molecule has 0 heterocycles. The maximum absolute atomic E-state index is 11.2. The average Bonchev–Trinajstić information content (AvgIpc) is 3.06. The van der Waals surface area contributed by atoms with Gasteiger partial charge in [0.15, 0.2) is 6.10 Å². The quantitative estimate of drug-likeness (QED) is 0.331. The van der Waals surface area contributed by atoms with E-state index in [0.717, 1.165) is 24.2 Å². The van der Waals surface area contributed by atoms with Crippen molar-refractivity contribution in [1.29, 1.82) is 0 Å². The predicted octanol–water partition coefficient (Wildman–Crippen LogP) is 6.12. The molecule has 4 rings (SSSR count). The molecule has 0 fully saturated rings. The summed E-state index contributed by atoms with van der Waals surface area (Å²) in [5.41, 5.74) is 8.23. The molecule has 0 bridgehead atoms. The van der Waals surface area contributed by atoms with E-state index < -0.39 is 12.1 Å². The number of carbonyl (C=O) groups is 1. The lowest BCUT2D eigenvalue weighted by atomic mass is 9.93. The number of aliphatic carboxylic acids is 1. The molecule has 0 spiro atoms. The van der Waals surface area contributed by atoms with E-state index >= 15 is 0 Å². The Bertz CT molecular complexity index is 1150. The lowest BCUT2D eigenvalue weighted by Crippen LogP contribution is -2.24. The number of rotatable bonds is 11. The smallest absolute Gasteiger partial charge is 0.333 e. The molecule has 1 aliphatic carbocycles. The normalized spacial score (nSPS) is 13.5. The molecule has 1 atom stereocenters. The molecular weight excluding hydrogens is 452 g/mol. The number of methoxy groups -OCH3 is 1. The second-order valence-electron chi connectivity index (χ2n) is 8.98. The van der Waals surface area contributed by atoms with Crippen molar-refractivity contribution in [3.63, 3.8) is 0 Å². The Morgan fingerprint density at radius 3 is 1.89 bits per heavy atom. The highest BCUT2D eigenvalue weighted by Crippen LogP contribution is 2.36. The average molecular weight is 487 g/mol. The van der Waals surface area contributed by atoms with Gasteiger partial charge in [0.1, 0.15) is 18.5 Å². The first-order valence-corrected chi connectivity index (χ1v) is 12.5. The monoisotopic (exact) mass is 486 g/mol. The topological polar surface area (TPSA) is 65.0 Å². The molecule has 1 unspecified atom stereocenters. The fourth-order valence-electron chi connectivity index (χ4n) is 4.51. The first-order valence-electron chi connectivity index (χ1n) is 12.5. The number of hydrogen-bond donors (Lipinski definition) is 1. The third-order valence-electron chi connectivity index (χ3n) is 6.67. The van der Waals surface area contributed by atoms with Crippen LogP contribution in [0.4, 0.5) is 0 Å². The molecule has 1 aliphatic rings. The Morgan fingerprint density at radius 2 is 1.39 bits per heavy atom. The van der Waals surface area contributed by atoms with Crippen LogP contribution in [0.15, 0.2) is 60.7 Å². The third kappa shape index (κ3) is 6.04. The van der Waals surface area contributed by atoms with Crippen LogP contribution in [-0.2, 0) is 33.5 Å². The summed E-state index contributed by atoms with van der Waals surface area (Å²) in [6.45, 7) is 5.18. The van der Waals surface area contributed by atoms with E-state index in [0.29, 0.717) is 19.6 Å². The maximum Gasteiger partial charge on any atom is 0.333 e. The van der Waals surface area contributed by atoms with Gasteiger partial charge in [-0.05, 0) is 63.9 Å². The summed E-state index contributed by atoms with van der Waals surface area (Å²) in [6, 6.07) is 20.7. The van der Waals surface area contributed by atoms with Gasteiger partial charge in [0.25, 0.3) is 0 Å². The Morgan fingerprint density at radius 1 is 0.833 bits per heavy atom. The highest BCUT2D eigenvalue weighted by atomic mass is 16.5. The largest absolute Gasteiger partial charge is 0.491 e. The van der Waals surface area contributed by atoms with Gasteiger partial charge in [-0.2, -0.15) is 0 Å². The molecule has 0 saturated heterocycles. The van der Waals surface area contributed by atoms with Gasteiger partial charge in [0, 0.05) is 13.5 Å². The fraction of sp³-hybridized carbons (Fsp3) is 0.323. The predicted molar refractivity (Wildman–Crippen MR) is 142 cm³/mol. The molecule has 0 amide bonds. The van der Waals surface area contributed by atoms with Crippen LogP contribution < -0.4 is 4.74 Å². The van der Waals surface area contributed by atoms with Gasteiger partial charge in [-0.1, -0.05) is 74.5 Å². The van der Waals surface area contributed by atoms with Crippen LogP contribution in [0.3, 0.4) is 0 Å². The van der Waals surface area contributed by atoms with E-state index in [-0.39, 0.29) is 6.10 Å². The van der Waals surface area contributed by atoms with Crippen molar-refractivity contribution in [2.45, 2.75) is 45.3 Å². The number of carboxylic acids is 1. The van der Waals surface area contributed by atoms with E-state index in [1.807, 2.05) is 24.3 Å². The van der Waals surface area contributed by atoms with Crippen LogP contribution in [0.1, 0.15) is 58.9 Å². The van der Waals surface area contributed by atoms with Gasteiger partial charge in [-0.25, -0.2) is 4.79 Å². The molecule has 0 saturated carbocycles. The van der Waals surface area contributed by atoms with Crippen LogP contribution >= 0.6 is 0 Å². The van der Waals surface area contributed by atoms with E-state index in [2.05, 4.69) is 62.4 Å². The molecule has 36 heavy (non-hydrogen) atoms. The van der Waals surface area contributed by atoms with Gasteiger partial charge >= 0.3 is 5.97 Å². The highest BCUT2D eigenvalue weighted by Gasteiger charge is 2.23.